The summed E-state index contributed by atoms with van der Waals surface area (Å²) >= 11 is 12.2. The molecule has 0 spiro atoms. The van der Waals surface area contributed by atoms with Crippen LogP contribution in [0, 0.1) is 0 Å². The van der Waals surface area contributed by atoms with E-state index in [2.05, 4.69) is 0 Å². The minimum atomic E-state index is -0.163. The van der Waals surface area contributed by atoms with Crippen LogP contribution in [0.15, 0.2) is 101 Å². The van der Waals surface area contributed by atoms with Gasteiger partial charge in [-0.05, 0) is 67.1 Å². The number of halogens is 2. The highest BCUT2D eigenvalue weighted by atomic mass is 35.5. The van der Waals surface area contributed by atoms with E-state index in [1.807, 2.05) is 85.8 Å². The third kappa shape index (κ3) is 4.63. The molecule has 4 nitrogen and oxygen atoms in total. The molecule has 35 heavy (non-hydrogen) atoms. The first kappa shape index (κ1) is 23.0. The fourth-order valence-electron chi connectivity index (χ4n) is 3.98. The summed E-state index contributed by atoms with van der Waals surface area (Å²) in [7, 11) is 0. The molecule has 0 atom stereocenters. The van der Waals surface area contributed by atoms with E-state index in [0.717, 1.165) is 16.8 Å². The van der Waals surface area contributed by atoms with E-state index in [9.17, 15) is 4.79 Å². The Labute approximate surface area is 213 Å². The summed E-state index contributed by atoms with van der Waals surface area (Å²) in [5.74, 6) is 1.67. The predicted octanol–water partition coefficient (Wildman–Crippen LogP) is 8.12. The van der Waals surface area contributed by atoms with Crippen LogP contribution in [0.3, 0.4) is 0 Å². The topological polar surface area (TPSA) is 42.7 Å². The first-order valence-electron chi connectivity index (χ1n) is 11.2. The summed E-state index contributed by atoms with van der Waals surface area (Å²) in [4.78, 5) is 15.4. The van der Waals surface area contributed by atoms with Gasteiger partial charge in [0.15, 0.2) is 0 Å². The quantitative estimate of drug-likeness (QED) is 0.250. The van der Waals surface area contributed by atoms with Gasteiger partial charge < -0.3 is 9.15 Å². The van der Waals surface area contributed by atoms with E-state index in [1.165, 1.54) is 0 Å². The van der Waals surface area contributed by atoms with Gasteiger partial charge in [-0.1, -0.05) is 65.7 Å². The summed E-state index contributed by atoms with van der Waals surface area (Å²) in [5.41, 5.74) is 3.69. The lowest BCUT2D eigenvalue weighted by atomic mass is 10.1. The van der Waals surface area contributed by atoms with Crippen LogP contribution in [0.2, 0.25) is 10.0 Å². The zero-order valence-corrected chi connectivity index (χ0v) is 20.4. The summed E-state index contributed by atoms with van der Waals surface area (Å²) < 4.78 is 11.8. The third-order valence-electron chi connectivity index (χ3n) is 5.59. The van der Waals surface area contributed by atoms with Crippen molar-refractivity contribution >= 4 is 46.6 Å². The van der Waals surface area contributed by atoms with E-state index in [-0.39, 0.29) is 5.91 Å². The zero-order valence-electron chi connectivity index (χ0n) is 18.9. The number of amides is 1. The molecule has 1 aromatic heterocycles. The van der Waals surface area contributed by atoms with Crippen LogP contribution < -0.4 is 9.64 Å². The molecule has 1 aliphatic heterocycles. The van der Waals surface area contributed by atoms with Gasteiger partial charge in [-0.3, -0.25) is 9.69 Å². The van der Waals surface area contributed by atoms with Crippen LogP contribution in [0.5, 0.6) is 5.75 Å². The number of furan rings is 1. The lowest BCUT2D eigenvalue weighted by Crippen LogP contribution is -2.25. The first-order valence-corrected chi connectivity index (χ1v) is 11.9. The molecule has 1 amide bonds. The highest BCUT2D eigenvalue weighted by Gasteiger charge is 2.32. The molecule has 2 heterocycles. The molecular formula is C29H21Cl2NO3. The van der Waals surface area contributed by atoms with Gasteiger partial charge >= 0.3 is 0 Å². The molecule has 0 radical (unpaired) electrons. The van der Waals surface area contributed by atoms with Crippen molar-refractivity contribution in [1.82, 2.24) is 0 Å². The van der Waals surface area contributed by atoms with Crippen molar-refractivity contribution in [2.45, 2.75) is 6.92 Å². The van der Waals surface area contributed by atoms with Gasteiger partial charge in [0.1, 0.15) is 17.3 Å². The molecule has 0 aliphatic carbocycles. The summed E-state index contributed by atoms with van der Waals surface area (Å²) in [5, 5.41) is 0.928. The van der Waals surface area contributed by atoms with Crippen molar-refractivity contribution in [3.05, 3.63) is 118 Å². The lowest BCUT2D eigenvalue weighted by Gasteiger charge is -2.23. The Balaban J connectivity index is 1.55. The SMILES string of the molecule is CCOc1ccccc1N1C(=O)/C(=C/c2ccc(-c3ccc(Cl)c(Cl)c3)o2)C=C1c1ccccc1. The average Bonchev–Trinajstić information content (AvgIpc) is 3.47. The lowest BCUT2D eigenvalue weighted by molar-refractivity contribution is -0.113. The molecule has 3 aromatic carbocycles. The van der Waals surface area contributed by atoms with Crippen LogP contribution in [0.1, 0.15) is 18.2 Å². The van der Waals surface area contributed by atoms with Gasteiger partial charge in [0.05, 0.1) is 28.0 Å². The Bertz CT molecular complexity index is 1450. The normalized spacial score (nSPS) is 14.5. The van der Waals surface area contributed by atoms with Gasteiger partial charge in [-0.2, -0.15) is 0 Å². The molecule has 1 aliphatic rings. The van der Waals surface area contributed by atoms with Crippen molar-refractivity contribution < 1.29 is 13.9 Å². The maximum Gasteiger partial charge on any atom is 0.263 e. The molecule has 6 heteroatoms. The van der Waals surface area contributed by atoms with Crippen molar-refractivity contribution in [3.8, 4) is 17.1 Å². The average molecular weight is 502 g/mol. The predicted molar refractivity (Wildman–Crippen MR) is 142 cm³/mol. The minimum absolute atomic E-state index is 0.163. The number of ether oxygens (including phenoxy) is 1. The molecule has 5 rings (SSSR count). The Kier molecular flexibility index (Phi) is 6.49. The Morgan fingerprint density at radius 1 is 0.886 bits per heavy atom. The van der Waals surface area contributed by atoms with Crippen molar-refractivity contribution in [3.63, 3.8) is 0 Å². The highest BCUT2D eigenvalue weighted by Crippen LogP contribution is 2.40. The minimum Gasteiger partial charge on any atom is -0.492 e. The van der Waals surface area contributed by atoms with Crippen molar-refractivity contribution in [2.75, 3.05) is 11.5 Å². The highest BCUT2D eigenvalue weighted by molar-refractivity contribution is 6.42. The number of anilines is 1. The Morgan fingerprint density at radius 3 is 2.43 bits per heavy atom. The number of rotatable bonds is 6. The molecule has 0 bridgehead atoms. The maximum absolute atomic E-state index is 13.7. The molecule has 0 saturated carbocycles. The second kappa shape index (κ2) is 9.87. The van der Waals surface area contributed by atoms with E-state index in [1.54, 1.807) is 23.1 Å². The molecule has 0 saturated heterocycles. The van der Waals surface area contributed by atoms with Crippen LogP contribution in [-0.4, -0.2) is 12.5 Å². The summed E-state index contributed by atoms with van der Waals surface area (Å²) in [6, 6.07) is 26.3. The van der Waals surface area contributed by atoms with Gasteiger partial charge in [-0.15, -0.1) is 0 Å². The number of para-hydroxylation sites is 2. The second-order valence-electron chi connectivity index (χ2n) is 7.87. The van der Waals surface area contributed by atoms with Gasteiger partial charge in [0, 0.05) is 11.1 Å². The molecule has 4 aromatic rings. The van der Waals surface area contributed by atoms with E-state index in [0.29, 0.717) is 45.2 Å². The monoisotopic (exact) mass is 501 g/mol. The van der Waals surface area contributed by atoms with E-state index >= 15 is 0 Å². The maximum atomic E-state index is 13.7. The summed E-state index contributed by atoms with van der Waals surface area (Å²) in [6.07, 6.45) is 3.62. The second-order valence-corrected chi connectivity index (χ2v) is 8.68. The van der Waals surface area contributed by atoms with Gasteiger partial charge in [0.2, 0.25) is 0 Å². The van der Waals surface area contributed by atoms with Crippen LogP contribution in [0.25, 0.3) is 23.1 Å². The van der Waals surface area contributed by atoms with Crippen LogP contribution in [-0.2, 0) is 4.79 Å². The zero-order chi connectivity index (χ0) is 24.4. The van der Waals surface area contributed by atoms with E-state index < -0.39 is 0 Å². The molecule has 174 valence electrons. The smallest absolute Gasteiger partial charge is 0.263 e. The fourth-order valence-corrected chi connectivity index (χ4v) is 4.28. The van der Waals surface area contributed by atoms with Gasteiger partial charge in [-0.25, -0.2) is 0 Å². The molecule has 0 unspecified atom stereocenters. The number of hydrogen-bond acceptors (Lipinski definition) is 3. The van der Waals surface area contributed by atoms with E-state index in [4.69, 9.17) is 32.4 Å². The molecule has 0 fully saturated rings. The number of carbonyl (C=O) groups is 1. The number of carbonyl (C=O) groups excluding carboxylic acids is 1. The Hall–Kier alpha value is -3.73. The standard InChI is InChI=1S/C29H21Cl2NO3/c1-2-34-28-11-7-6-10-25(28)32-26(19-8-4-3-5-9-19)18-21(29(32)33)16-22-13-15-27(35-22)20-12-14-23(30)24(31)17-20/h3-18H,2H2,1H3/b21-16+. The van der Waals surface area contributed by atoms with Crippen molar-refractivity contribution in [1.29, 1.82) is 0 Å². The first-order chi connectivity index (χ1) is 17.0. The molecule has 0 N–H and O–H groups in total. The van der Waals surface area contributed by atoms with Gasteiger partial charge in [0.25, 0.3) is 5.91 Å². The van der Waals surface area contributed by atoms with Crippen molar-refractivity contribution in [2.24, 2.45) is 0 Å². The summed E-state index contributed by atoms with van der Waals surface area (Å²) in [6.45, 7) is 2.42. The van der Waals surface area contributed by atoms with Crippen LogP contribution in [0.4, 0.5) is 5.69 Å². The Morgan fingerprint density at radius 2 is 1.66 bits per heavy atom. The number of hydrogen-bond donors (Lipinski definition) is 0. The largest absolute Gasteiger partial charge is 0.492 e. The van der Waals surface area contributed by atoms with Crippen LogP contribution >= 0.6 is 23.2 Å². The molecular weight excluding hydrogens is 481 g/mol. The number of nitrogens with zero attached hydrogens (tertiary/aromatic N) is 1. The fraction of sp³-hybridized carbons (Fsp3) is 0.0690. The third-order valence-corrected chi connectivity index (χ3v) is 6.33. The number of benzene rings is 3.